The summed E-state index contributed by atoms with van der Waals surface area (Å²) in [6, 6.07) is 0. The molecular weight excluding hydrogens is 198 g/mol. The average molecular weight is 216 g/mol. The lowest BCUT2D eigenvalue weighted by molar-refractivity contribution is -0.416. The highest BCUT2D eigenvalue weighted by Gasteiger charge is 2.19. The van der Waals surface area contributed by atoms with Gasteiger partial charge in [-0.2, -0.15) is 0 Å². The Labute approximate surface area is 96.4 Å². The van der Waals surface area contributed by atoms with Crippen molar-refractivity contribution in [3.63, 3.8) is 0 Å². The van der Waals surface area contributed by atoms with Gasteiger partial charge in [0, 0.05) is 27.1 Å². The normalized spacial score (nSPS) is 23.9. The molecule has 0 aliphatic heterocycles. The molecule has 2 heteroatoms. The van der Waals surface area contributed by atoms with Gasteiger partial charge in [0.25, 0.3) is 5.70 Å². The van der Waals surface area contributed by atoms with Crippen LogP contribution in [0.15, 0.2) is 47.7 Å². The predicted octanol–water partition coefficient (Wildman–Crippen LogP) is 2.21. The number of allylic oxidation sites excluding steroid dienone is 7. The average Bonchev–Trinajstić information content (AvgIpc) is 3.04. The van der Waals surface area contributed by atoms with E-state index >= 15 is 0 Å². The zero-order valence-electron chi connectivity index (χ0n) is 9.86. The van der Waals surface area contributed by atoms with E-state index in [0.717, 1.165) is 11.5 Å². The third-order valence-electron chi connectivity index (χ3n) is 2.96. The van der Waals surface area contributed by atoms with Crippen molar-refractivity contribution in [3.8, 4) is 0 Å². The Balaban J connectivity index is 2.27. The van der Waals surface area contributed by atoms with Crippen molar-refractivity contribution in [1.82, 2.24) is 0 Å². The zero-order chi connectivity index (χ0) is 11.6. The number of nitrogens with one attached hydrogen (secondary N) is 1. The molecule has 0 spiro atoms. The Hall–Kier alpha value is -1.44. The lowest BCUT2D eigenvalue weighted by Crippen LogP contribution is -2.61. The Kier molecular flexibility index (Phi) is 2.90. The molecule has 0 aromatic heterocycles. The smallest absolute Gasteiger partial charge is 0.0806 e. The summed E-state index contributed by atoms with van der Waals surface area (Å²) in [4.78, 5) is 10.9. The van der Waals surface area contributed by atoms with Crippen LogP contribution in [0.4, 0.5) is 0 Å². The van der Waals surface area contributed by atoms with Crippen molar-refractivity contribution >= 4 is 0 Å². The molecule has 0 heterocycles. The van der Waals surface area contributed by atoms with Gasteiger partial charge in [0.15, 0.2) is 0 Å². The van der Waals surface area contributed by atoms with Gasteiger partial charge < -0.3 is 0 Å². The van der Waals surface area contributed by atoms with E-state index in [1.54, 1.807) is 0 Å². The van der Waals surface area contributed by atoms with Crippen LogP contribution in [0.2, 0.25) is 0 Å². The Morgan fingerprint density at radius 3 is 2.62 bits per heavy atom. The van der Waals surface area contributed by atoms with Crippen LogP contribution in [-0.4, -0.2) is 0 Å². The van der Waals surface area contributed by atoms with Gasteiger partial charge in [0.1, 0.15) is 0 Å². The van der Waals surface area contributed by atoms with Crippen molar-refractivity contribution in [2.24, 2.45) is 11.3 Å². The van der Waals surface area contributed by atoms with E-state index in [4.69, 9.17) is 0 Å². The van der Waals surface area contributed by atoms with Crippen LogP contribution in [0.1, 0.15) is 26.7 Å². The number of nitroso groups, excluding NO2 is 1. The third-order valence-corrected chi connectivity index (χ3v) is 2.96. The fourth-order valence-electron chi connectivity index (χ4n) is 1.61. The maximum Gasteiger partial charge on any atom is 0.260 e. The van der Waals surface area contributed by atoms with E-state index in [9.17, 15) is 4.91 Å². The minimum Gasteiger partial charge on any atom is -0.0806 e. The summed E-state index contributed by atoms with van der Waals surface area (Å²) in [6.07, 6.45) is 14.9. The first-order valence-corrected chi connectivity index (χ1v) is 5.80. The lowest BCUT2D eigenvalue weighted by Gasteiger charge is -2.11. The first kappa shape index (κ1) is 11.1. The molecule has 1 saturated carbocycles. The predicted molar refractivity (Wildman–Crippen MR) is 65.3 cm³/mol. The largest absolute Gasteiger partial charge is 0.260 e. The van der Waals surface area contributed by atoms with Crippen LogP contribution < -0.4 is 5.18 Å². The Morgan fingerprint density at radius 2 is 2.00 bits per heavy atom. The molecule has 2 rings (SSSR count). The van der Waals surface area contributed by atoms with Crippen LogP contribution in [0.5, 0.6) is 0 Å². The molecule has 0 saturated heterocycles. The highest BCUT2D eigenvalue weighted by molar-refractivity contribution is 5.41. The van der Waals surface area contributed by atoms with Gasteiger partial charge in [-0.25, -0.2) is 0 Å². The molecule has 0 bridgehead atoms. The molecule has 0 unspecified atom stereocenters. The quantitative estimate of drug-likeness (QED) is 0.770. The van der Waals surface area contributed by atoms with Gasteiger partial charge >= 0.3 is 0 Å². The summed E-state index contributed by atoms with van der Waals surface area (Å²) in [5.41, 5.74) is 1.64. The fourth-order valence-corrected chi connectivity index (χ4v) is 1.61. The van der Waals surface area contributed by atoms with Gasteiger partial charge in [-0.1, -0.05) is 44.2 Å². The molecule has 1 fully saturated rings. The second kappa shape index (κ2) is 4.20. The summed E-state index contributed by atoms with van der Waals surface area (Å²) >= 11 is 0. The van der Waals surface area contributed by atoms with E-state index in [0.29, 0.717) is 5.70 Å². The number of hydrogen-bond acceptors (Lipinski definition) is 1. The maximum atomic E-state index is 10.9. The van der Waals surface area contributed by atoms with Gasteiger partial charge in [-0.05, 0) is 18.8 Å². The molecule has 0 radical (unpaired) electrons. The van der Waals surface area contributed by atoms with Gasteiger partial charge in [0.2, 0.25) is 0 Å². The van der Waals surface area contributed by atoms with Gasteiger partial charge in [-0.15, -0.1) is 0 Å². The summed E-state index contributed by atoms with van der Waals surface area (Å²) in [5.74, 6) is 0.731. The lowest BCUT2D eigenvalue weighted by atomic mass is 9.93. The van der Waals surface area contributed by atoms with E-state index in [1.165, 1.54) is 12.8 Å². The van der Waals surface area contributed by atoms with E-state index in [1.807, 2.05) is 23.4 Å². The Bertz CT molecular complexity index is 406. The number of hydrogen-bond donors (Lipinski definition) is 1. The third kappa shape index (κ3) is 2.78. The Morgan fingerprint density at radius 1 is 1.31 bits per heavy atom. The van der Waals surface area contributed by atoms with Crippen molar-refractivity contribution in [2.45, 2.75) is 26.7 Å². The topological polar surface area (TPSA) is 31.0 Å². The van der Waals surface area contributed by atoms with Crippen molar-refractivity contribution in [3.05, 3.63) is 52.6 Å². The van der Waals surface area contributed by atoms with Gasteiger partial charge in [-0.3, -0.25) is 0 Å². The molecule has 84 valence electrons. The van der Waals surface area contributed by atoms with Crippen molar-refractivity contribution < 1.29 is 5.18 Å². The minimum absolute atomic E-state index is 0.0112. The molecule has 1 N–H and O–H groups in total. The highest BCUT2D eigenvalue weighted by Crippen LogP contribution is 2.31. The van der Waals surface area contributed by atoms with Crippen LogP contribution in [0, 0.1) is 16.2 Å². The summed E-state index contributed by atoms with van der Waals surface area (Å²) in [5, 5.41) is 2.02. The summed E-state index contributed by atoms with van der Waals surface area (Å²) in [7, 11) is 0. The van der Waals surface area contributed by atoms with Crippen LogP contribution in [0.3, 0.4) is 0 Å². The van der Waals surface area contributed by atoms with Crippen LogP contribution in [-0.2, 0) is 0 Å². The molecule has 16 heavy (non-hydrogen) atoms. The molecular formula is C14H18NO+. The minimum atomic E-state index is 0.0112. The molecule has 2 nitrogen and oxygen atoms in total. The molecule has 0 amide bonds. The number of rotatable bonds is 3. The van der Waals surface area contributed by atoms with E-state index in [2.05, 4.69) is 32.1 Å². The highest BCUT2D eigenvalue weighted by atomic mass is 16.3. The standard InChI is InChI=1S/C14H17NO/c1-14(2)9-7-12(6-5-11-3-4-11)13(15-16)8-10-14/h5-11H,3-4H2,1-2H3/p+1/b6-5+. The van der Waals surface area contributed by atoms with E-state index < -0.39 is 0 Å². The zero-order valence-corrected chi connectivity index (χ0v) is 9.86. The molecule has 2 aliphatic rings. The monoisotopic (exact) mass is 216 g/mol. The molecule has 0 aromatic carbocycles. The van der Waals surface area contributed by atoms with Crippen LogP contribution >= 0.6 is 0 Å². The van der Waals surface area contributed by atoms with E-state index in [-0.39, 0.29) is 5.41 Å². The molecule has 2 aliphatic carbocycles. The van der Waals surface area contributed by atoms with Crippen molar-refractivity contribution in [1.29, 1.82) is 0 Å². The van der Waals surface area contributed by atoms with Gasteiger partial charge in [0.05, 0.1) is 0 Å². The van der Waals surface area contributed by atoms with Crippen LogP contribution in [0.25, 0.3) is 0 Å². The second-order valence-electron chi connectivity index (χ2n) is 5.16. The first-order chi connectivity index (χ1) is 7.61. The second-order valence-corrected chi connectivity index (χ2v) is 5.16. The maximum absolute atomic E-state index is 10.9. The summed E-state index contributed by atoms with van der Waals surface area (Å²) < 4.78 is 0. The first-order valence-electron chi connectivity index (χ1n) is 5.80. The molecule has 0 aromatic rings. The SMILES string of the molecule is CC1(C)C=CC(/C=C/C2CC2)=C([NH+]=O)C=C1. The summed E-state index contributed by atoms with van der Waals surface area (Å²) in [6.45, 7) is 4.24. The molecule has 0 atom stereocenters. The van der Waals surface area contributed by atoms with Crippen molar-refractivity contribution in [2.75, 3.05) is 0 Å². The fraction of sp³-hybridized carbons (Fsp3) is 0.429.